The van der Waals surface area contributed by atoms with Gasteiger partial charge in [0, 0.05) is 55.1 Å². The Bertz CT molecular complexity index is 1480. The molecule has 35 heavy (non-hydrogen) atoms. The molecule has 4 aromatic heterocycles. The molecule has 0 aliphatic rings. The number of aryl methyl sites for hydroxylation is 1. The van der Waals surface area contributed by atoms with Crippen molar-refractivity contribution in [1.29, 1.82) is 0 Å². The van der Waals surface area contributed by atoms with Gasteiger partial charge in [0.15, 0.2) is 0 Å². The number of hydrogen-bond acceptors (Lipinski definition) is 7. The highest BCUT2D eigenvalue weighted by atomic mass is 32.2. The van der Waals surface area contributed by atoms with Crippen LogP contribution in [0.25, 0.3) is 22.2 Å². The molecule has 0 aliphatic heterocycles. The van der Waals surface area contributed by atoms with Gasteiger partial charge in [0.2, 0.25) is 0 Å². The predicted molar refractivity (Wildman–Crippen MR) is 133 cm³/mol. The van der Waals surface area contributed by atoms with Gasteiger partial charge < -0.3 is 4.90 Å². The summed E-state index contributed by atoms with van der Waals surface area (Å²) in [6, 6.07) is 9.19. The predicted octanol–water partition coefficient (Wildman–Crippen LogP) is 4.82. The molecule has 4 heterocycles. The molecule has 0 spiro atoms. The minimum Gasteiger partial charge on any atom is -0.314 e. The van der Waals surface area contributed by atoms with Crippen molar-refractivity contribution in [2.75, 3.05) is 19.0 Å². The number of rotatable bonds is 7. The molecule has 5 aromatic rings. The van der Waals surface area contributed by atoms with Crippen LogP contribution in [0.3, 0.4) is 0 Å². The van der Waals surface area contributed by atoms with Gasteiger partial charge in [-0.2, -0.15) is 5.10 Å². The van der Waals surface area contributed by atoms with Gasteiger partial charge >= 0.3 is 0 Å². The maximum Gasteiger partial charge on any atom is 0.149 e. The van der Waals surface area contributed by atoms with Crippen molar-refractivity contribution in [3.63, 3.8) is 0 Å². The molecule has 0 saturated carbocycles. The number of hydrogen-bond donors (Lipinski definition) is 0. The van der Waals surface area contributed by atoms with E-state index < -0.39 is 11.6 Å². The van der Waals surface area contributed by atoms with Crippen LogP contribution in [0.2, 0.25) is 0 Å². The molecular weight excluding hydrogens is 470 g/mol. The zero-order chi connectivity index (χ0) is 24.5. The van der Waals surface area contributed by atoms with Crippen LogP contribution in [-0.2, 0) is 13.6 Å². The summed E-state index contributed by atoms with van der Waals surface area (Å²) in [5, 5.41) is 4.21. The number of aromatic nitrogens is 6. The first-order chi connectivity index (χ1) is 16.9. The van der Waals surface area contributed by atoms with Gasteiger partial charge in [-0.05, 0) is 44.4 Å². The minimum absolute atomic E-state index is 0.0971. The van der Waals surface area contributed by atoms with Crippen LogP contribution >= 0.6 is 12.1 Å². The Morgan fingerprint density at radius 3 is 2.49 bits per heavy atom. The number of halogens is 2. The van der Waals surface area contributed by atoms with Crippen molar-refractivity contribution in [2.45, 2.75) is 6.54 Å². The Balaban J connectivity index is 1.61. The van der Waals surface area contributed by atoms with Crippen LogP contribution in [0.15, 0.2) is 67.4 Å². The van der Waals surface area contributed by atoms with Crippen LogP contribution in [-0.4, -0.2) is 47.1 Å². The fourth-order valence-corrected chi connectivity index (χ4v) is 4.38. The third-order valence-corrected chi connectivity index (χ3v) is 6.11. The molecule has 0 bridgehead atoms. The lowest BCUT2D eigenvalue weighted by molar-refractivity contribution is 0.578. The number of anilines is 2. The molecule has 11 heteroatoms. The van der Waals surface area contributed by atoms with E-state index in [0.29, 0.717) is 22.7 Å². The molecular formula is C24H22F2N8S. The minimum atomic E-state index is -0.687. The summed E-state index contributed by atoms with van der Waals surface area (Å²) in [5.41, 5.74) is 2.81. The standard InChI is InChI=1S/C24H22F2N8S/c1-31(2)35-34-10-9-27-23(34)15-33(24-18(25)5-4-6-19(24)26)22-8-7-20-21(30-22)11-16(12-28-20)17-13-29-32(3)14-17/h4-14H,15H2,1-3H3. The summed E-state index contributed by atoms with van der Waals surface area (Å²) >= 11 is 1.41. The van der Waals surface area contributed by atoms with Crippen molar-refractivity contribution >= 4 is 34.7 Å². The number of para-hydroxylation sites is 1. The number of pyridine rings is 2. The Morgan fingerprint density at radius 1 is 0.971 bits per heavy atom. The summed E-state index contributed by atoms with van der Waals surface area (Å²) in [4.78, 5) is 15.2. The largest absolute Gasteiger partial charge is 0.314 e. The molecule has 8 nitrogen and oxygen atoms in total. The molecule has 0 radical (unpaired) electrons. The van der Waals surface area contributed by atoms with Gasteiger partial charge in [0.25, 0.3) is 0 Å². The second kappa shape index (κ2) is 9.43. The summed E-state index contributed by atoms with van der Waals surface area (Å²) < 4.78 is 35.4. The molecule has 0 unspecified atom stereocenters. The van der Waals surface area contributed by atoms with Gasteiger partial charge in [0.05, 0.1) is 23.8 Å². The average Bonchev–Trinajstić information content (AvgIpc) is 3.45. The van der Waals surface area contributed by atoms with Crippen LogP contribution in [0.1, 0.15) is 5.82 Å². The first kappa shape index (κ1) is 22.9. The lowest BCUT2D eigenvalue weighted by Crippen LogP contribution is -2.22. The summed E-state index contributed by atoms with van der Waals surface area (Å²) in [6.45, 7) is 0.0971. The summed E-state index contributed by atoms with van der Waals surface area (Å²) in [7, 11) is 5.65. The third-order valence-electron chi connectivity index (χ3n) is 5.28. The Kier molecular flexibility index (Phi) is 6.18. The highest BCUT2D eigenvalue weighted by molar-refractivity contribution is 7.95. The maximum atomic E-state index is 15.0. The van der Waals surface area contributed by atoms with Gasteiger partial charge in [-0.1, -0.05) is 6.07 Å². The molecule has 0 atom stereocenters. The fraction of sp³-hybridized carbons (Fsp3) is 0.167. The second-order valence-corrected chi connectivity index (χ2v) is 9.34. The third kappa shape index (κ3) is 4.73. The van der Waals surface area contributed by atoms with Gasteiger partial charge in [-0.15, -0.1) is 0 Å². The molecule has 178 valence electrons. The average molecular weight is 493 g/mol. The number of nitrogens with zero attached hydrogens (tertiary/aromatic N) is 8. The van der Waals surface area contributed by atoms with E-state index in [1.54, 1.807) is 41.6 Å². The SMILES string of the molecule is CN(C)Sn1ccnc1CN(c1ccc2ncc(-c3cnn(C)c3)cc2n1)c1c(F)cccc1F. The summed E-state index contributed by atoms with van der Waals surface area (Å²) in [6.07, 6.45) is 8.84. The monoisotopic (exact) mass is 492 g/mol. The zero-order valence-electron chi connectivity index (χ0n) is 19.3. The van der Waals surface area contributed by atoms with E-state index in [4.69, 9.17) is 4.98 Å². The van der Waals surface area contributed by atoms with E-state index >= 15 is 0 Å². The number of imidazole rings is 1. The molecule has 0 N–H and O–H groups in total. The van der Waals surface area contributed by atoms with E-state index in [-0.39, 0.29) is 12.2 Å². The lowest BCUT2D eigenvalue weighted by atomic mass is 10.1. The van der Waals surface area contributed by atoms with Crippen molar-refractivity contribution in [1.82, 2.24) is 33.0 Å². The van der Waals surface area contributed by atoms with Gasteiger partial charge in [-0.3, -0.25) is 13.6 Å². The first-order valence-electron chi connectivity index (χ1n) is 10.7. The molecule has 0 amide bonds. The van der Waals surface area contributed by atoms with Gasteiger partial charge in [0.1, 0.15) is 29.0 Å². The highest BCUT2D eigenvalue weighted by Crippen LogP contribution is 2.33. The molecule has 1 aromatic carbocycles. The Hall–Kier alpha value is -3.83. The van der Waals surface area contributed by atoms with E-state index in [1.165, 1.54) is 35.2 Å². The van der Waals surface area contributed by atoms with E-state index in [0.717, 1.165) is 11.1 Å². The van der Waals surface area contributed by atoms with Crippen molar-refractivity contribution in [3.05, 3.63) is 84.8 Å². The Labute approximate surface area is 205 Å². The van der Waals surface area contributed by atoms with E-state index in [2.05, 4.69) is 15.1 Å². The maximum absolute atomic E-state index is 15.0. The number of fused-ring (bicyclic) bond motifs is 1. The molecule has 0 fully saturated rings. The van der Waals surface area contributed by atoms with Gasteiger partial charge in [-0.25, -0.2) is 23.1 Å². The quantitative estimate of drug-likeness (QED) is 0.302. The van der Waals surface area contributed by atoms with Crippen LogP contribution < -0.4 is 4.90 Å². The normalized spacial score (nSPS) is 11.5. The van der Waals surface area contributed by atoms with Crippen molar-refractivity contribution in [2.24, 2.45) is 7.05 Å². The number of benzene rings is 1. The molecule has 5 rings (SSSR count). The van der Waals surface area contributed by atoms with Crippen LogP contribution in [0.5, 0.6) is 0 Å². The van der Waals surface area contributed by atoms with Crippen molar-refractivity contribution < 1.29 is 8.78 Å². The van der Waals surface area contributed by atoms with Crippen molar-refractivity contribution in [3.8, 4) is 11.1 Å². The van der Waals surface area contributed by atoms with Crippen LogP contribution in [0.4, 0.5) is 20.3 Å². The van der Waals surface area contributed by atoms with E-state index in [9.17, 15) is 8.78 Å². The highest BCUT2D eigenvalue weighted by Gasteiger charge is 2.22. The Morgan fingerprint density at radius 2 is 1.77 bits per heavy atom. The second-order valence-electron chi connectivity index (χ2n) is 8.05. The van der Waals surface area contributed by atoms with E-state index in [1.807, 2.05) is 41.7 Å². The fourth-order valence-electron chi connectivity index (χ4n) is 3.72. The first-order valence-corrected chi connectivity index (χ1v) is 11.5. The summed E-state index contributed by atoms with van der Waals surface area (Å²) in [5.74, 6) is -0.397. The van der Waals surface area contributed by atoms with Crippen LogP contribution in [0, 0.1) is 11.6 Å². The topological polar surface area (TPSA) is 67.9 Å². The smallest absolute Gasteiger partial charge is 0.149 e. The molecule has 0 saturated heterocycles. The lowest BCUT2D eigenvalue weighted by Gasteiger charge is -2.25. The molecule has 0 aliphatic carbocycles. The zero-order valence-corrected chi connectivity index (χ0v) is 20.1.